The maximum Gasteiger partial charge on any atom is 0.573 e. The highest BCUT2D eigenvalue weighted by atomic mass is 19.4. The minimum absolute atomic E-state index is 0.173. The number of halogens is 5. The molecule has 0 aliphatic rings. The van der Waals surface area contributed by atoms with Crippen molar-refractivity contribution in [2.24, 2.45) is 0 Å². The van der Waals surface area contributed by atoms with Crippen molar-refractivity contribution in [3.8, 4) is 11.8 Å². The molecule has 0 amide bonds. The number of alkyl halides is 5. The monoisotopic (exact) mass is 266 g/mol. The minimum Gasteiger partial charge on any atom is -0.404 e. The molecular formula is C10H7F5N2O. The summed E-state index contributed by atoms with van der Waals surface area (Å²) in [5.41, 5.74) is -1.07. The molecule has 1 rings (SSSR count). The van der Waals surface area contributed by atoms with Crippen LogP contribution in [0, 0.1) is 18.3 Å². The predicted octanol–water partition coefficient (Wildman–Crippen LogP) is 3.29. The molecule has 1 heterocycles. The number of nitriles is 1. The molecule has 0 aliphatic heterocycles. The summed E-state index contributed by atoms with van der Waals surface area (Å²) >= 11 is 0. The van der Waals surface area contributed by atoms with Gasteiger partial charge in [0.15, 0.2) is 5.75 Å². The van der Waals surface area contributed by atoms with E-state index in [-0.39, 0.29) is 11.1 Å². The highest BCUT2D eigenvalue weighted by Gasteiger charge is 2.33. The molecule has 0 fully saturated rings. The normalized spacial score (nSPS) is 11.4. The lowest BCUT2D eigenvalue weighted by Gasteiger charge is -2.15. The van der Waals surface area contributed by atoms with Crippen LogP contribution < -0.4 is 4.74 Å². The Morgan fingerprint density at radius 3 is 2.50 bits per heavy atom. The van der Waals surface area contributed by atoms with Gasteiger partial charge >= 0.3 is 6.36 Å². The van der Waals surface area contributed by atoms with Crippen molar-refractivity contribution < 1.29 is 26.7 Å². The molecule has 0 aromatic carbocycles. The van der Waals surface area contributed by atoms with Crippen LogP contribution in [0.3, 0.4) is 0 Å². The van der Waals surface area contributed by atoms with Crippen LogP contribution in [0.4, 0.5) is 22.0 Å². The first-order valence-corrected chi connectivity index (χ1v) is 4.65. The highest BCUT2D eigenvalue weighted by molar-refractivity contribution is 5.42. The zero-order valence-corrected chi connectivity index (χ0v) is 9.05. The summed E-state index contributed by atoms with van der Waals surface area (Å²) in [6.07, 6.45) is -7.82. The molecule has 0 saturated carbocycles. The molecule has 18 heavy (non-hydrogen) atoms. The fourth-order valence-corrected chi connectivity index (χ4v) is 1.37. The quantitative estimate of drug-likeness (QED) is 0.788. The van der Waals surface area contributed by atoms with Crippen molar-refractivity contribution in [2.45, 2.75) is 26.1 Å². The van der Waals surface area contributed by atoms with Gasteiger partial charge in [-0.3, -0.25) is 4.98 Å². The predicted molar refractivity (Wildman–Crippen MR) is 49.9 cm³/mol. The Morgan fingerprint density at radius 2 is 2.06 bits per heavy atom. The van der Waals surface area contributed by atoms with E-state index in [9.17, 15) is 22.0 Å². The van der Waals surface area contributed by atoms with E-state index in [0.29, 0.717) is 6.20 Å². The van der Waals surface area contributed by atoms with Crippen molar-refractivity contribution in [3.63, 3.8) is 0 Å². The van der Waals surface area contributed by atoms with Crippen LogP contribution in [0.2, 0.25) is 0 Å². The van der Waals surface area contributed by atoms with Crippen LogP contribution in [0.15, 0.2) is 6.20 Å². The van der Waals surface area contributed by atoms with Gasteiger partial charge in [-0.15, -0.1) is 13.2 Å². The van der Waals surface area contributed by atoms with E-state index in [2.05, 4.69) is 9.72 Å². The Hall–Kier alpha value is -1.91. The third-order valence-electron chi connectivity index (χ3n) is 2.14. The zero-order chi connectivity index (χ0) is 13.9. The standard InChI is InChI=1S/C10H7F5N2O/c1-5-6(2-3-16)7(18-10(13,14)15)4-17-8(5)9(11)12/h4,9H,2H2,1H3. The molecule has 0 bridgehead atoms. The average molecular weight is 266 g/mol. The molecule has 1 aromatic rings. The Labute approximate surface area is 98.8 Å². The van der Waals surface area contributed by atoms with E-state index in [1.165, 1.54) is 6.92 Å². The van der Waals surface area contributed by atoms with Crippen LogP contribution >= 0.6 is 0 Å². The molecule has 0 saturated heterocycles. The summed E-state index contributed by atoms with van der Waals surface area (Å²) in [6.45, 7) is 1.17. The van der Waals surface area contributed by atoms with Crippen LogP contribution in [-0.4, -0.2) is 11.3 Å². The van der Waals surface area contributed by atoms with Crippen molar-refractivity contribution >= 4 is 0 Å². The van der Waals surface area contributed by atoms with Crippen LogP contribution in [-0.2, 0) is 6.42 Å². The number of hydrogen-bond donors (Lipinski definition) is 0. The largest absolute Gasteiger partial charge is 0.573 e. The second-order valence-electron chi connectivity index (χ2n) is 3.29. The number of rotatable bonds is 3. The molecule has 1 aromatic heterocycles. The van der Waals surface area contributed by atoms with Gasteiger partial charge in [0.2, 0.25) is 0 Å². The summed E-state index contributed by atoms with van der Waals surface area (Å²) in [5, 5.41) is 8.50. The fourth-order valence-electron chi connectivity index (χ4n) is 1.37. The second-order valence-corrected chi connectivity index (χ2v) is 3.29. The van der Waals surface area contributed by atoms with Crippen molar-refractivity contribution in [2.75, 3.05) is 0 Å². The maximum absolute atomic E-state index is 12.5. The first-order chi connectivity index (χ1) is 8.26. The lowest BCUT2D eigenvalue weighted by Crippen LogP contribution is -2.19. The van der Waals surface area contributed by atoms with Gasteiger partial charge in [-0.2, -0.15) is 5.26 Å². The zero-order valence-electron chi connectivity index (χ0n) is 9.05. The van der Waals surface area contributed by atoms with Gasteiger partial charge in [0.05, 0.1) is 18.7 Å². The minimum atomic E-state index is -4.97. The summed E-state index contributed by atoms with van der Waals surface area (Å²) in [5.74, 6) is -0.731. The van der Waals surface area contributed by atoms with E-state index in [4.69, 9.17) is 5.26 Å². The molecule has 0 spiro atoms. The smallest absolute Gasteiger partial charge is 0.404 e. The topological polar surface area (TPSA) is 45.9 Å². The summed E-state index contributed by atoms with van der Waals surface area (Å²) in [6, 6.07) is 1.60. The van der Waals surface area contributed by atoms with Crippen LogP contribution in [0.5, 0.6) is 5.75 Å². The molecule has 3 nitrogen and oxygen atoms in total. The highest BCUT2D eigenvalue weighted by Crippen LogP contribution is 2.32. The molecule has 0 radical (unpaired) electrons. The summed E-state index contributed by atoms with van der Waals surface area (Å²) < 4.78 is 64.9. The van der Waals surface area contributed by atoms with E-state index in [0.717, 1.165) is 0 Å². The van der Waals surface area contributed by atoms with E-state index >= 15 is 0 Å². The summed E-state index contributed by atoms with van der Waals surface area (Å²) in [4.78, 5) is 3.22. The van der Waals surface area contributed by atoms with Crippen LogP contribution in [0.1, 0.15) is 23.2 Å². The van der Waals surface area contributed by atoms with Gasteiger partial charge < -0.3 is 4.74 Å². The second kappa shape index (κ2) is 5.16. The lowest BCUT2D eigenvalue weighted by atomic mass is 10.0. The Balaban J connectivity index is 3.28. The van der Waals surface area contributed by atoms with Crippen molar-refractivity contribution in [1.82, 2.24) is 4.98 Å². The number of ether oxygens (including phenoxy) is 1. The SMILES string of the molecule is Cc1c(C(F)F)ncc(OC(F)(F)F)c1CC#N. The average Bonchev–Trinajstić information content (AvgIpc) is 2.21. The van der Waals surface area contributed by atoms with Gasteiger partial charge in [-0.25, -0.2) is 8.78 Å². The van der Waals surface area contributed by atoms with Gasteiger partial charge in [-0.1, -0.05) is 0 Å². The first kappa shape index (κ1) is 14.2. The lowest BCUT2D eigenvalue weighted by molar-refractivity contribution is -0.275. The van der Waals surface area contributed by atoms with E-state index in [1.807, 2.05) is 0 Å². The van der Waals surface area contributed by atoms with Gasteiger partial charge in [0, 0.05) is 5.56 Å². The van der Waals surface area contributed by atoms with E-state index < -0.39 is 30.7 Å². The molecule has 0 aliphatic carbocycles. The van der Waals surface area contributed by atoms with Crippen molar-refractivity contribution in [1.29, 1.82) is 5.26 Å². The maximum atomic E-state index is 12.5. The van der Waals surface area contributed by atoms with Gasteiger partial charge in [0.25, 0.3) is 6.43 Å². The molecule has 98 valence electrons. The number of hydrogen-bond acceptors (Lipinski definition) is 3. The summed E-state index contributed by atoms with van der Waals surface area (Å²) in [7, 11) is 0. The third-order valence-corrected chi connectivity index (χ3v) is 2.14. The molecule has 8 heteroatoms. The molecule has 0 N–H and O–H groups in total. The number of nitrogens with zero attached hydrogens (tertiary/aromatic N) is 2. The van der Waals surface area contributed by atoms with Crippen LogP contribution in [0.25, 0.3) is 0 Å². The fraction of sp³-hybridized carbons (Fsp3) is 0.400. The van der Waals surface area contributed by atoms with Gasteiger partial charge in [0.1, 0.15) is 5.69 Å². The number of pyridine rings is 1. The van der Waals surface area contributed by atoms with Crippen molar-refractivity contribution in [3.05, 3.63) is 23.0 Å². The van der Waals surface area contributed by atoms with Gasteiger partial charge in [-0.05, 0) is 12.5 Å². The number of aromatic nitrogens is 1. The molecule has 0 atom stereocenters. The molecular weight excluding hydrogens is 259 g/mol. The van der Waals surface area contributed by atoms with E-state index in [1.54, 1.807) is 6.07 Å². The first-order valence-electron chi connectivity index (χ1n) is 4.65. The Morgan fingerprint density at radius 1 is 1.44 bits per heavy atom. The Kier molecular flexibility index (Phi) is 4.06. The molecule has 0 unspecified atom stereocenters. The Bertz CT molecular complexity index is 478. The third kappa shape index (κ3) is 3.29.